The summed E-state index contributed by atoms with van der Waals surface area (Å²) in [6, 6.07) is 15.5. The van der Waals surface area contributed by atoms with Gasteiger partial charge in [-0.15, -0.1) is 18.3 Å². The van der Waals surface area contributed by atoms with E-state index >= 15 is 0 Å². The predicted molar refractivity (Wildman–Crippen MR) is 110 cm³/mol. The van der Waals surface area contributed by atoms with Gasteiger partial charge in [-0.05, 0) is 30.3 Å². The second kappa shape index (κ2) is 8.74. The van der Waals surface area contributed by atoms with Crippen molar-refractivity contribution in [2.24, 2.45) is 5.10 Å². The molecule has 0 spiro atoms. The number of nitrogens with zero attached hydrogens (tertiary/aromatic N) is 2. The average molecular weight is 384 g/mol. The Balaban J connectivity index is 1.61. The van der Waals surface area contributed by atoms with Gasteiger partial charge in [-0.25, -0.2) is 5.43 Å². The van der Waals surface area contributed by atoms with E-state index in [4.69, 9.17) is 11.6 Å². The van der Waals surface area contributed by atoms with Crippen molar-refractivity contribution in [3.05, 3.63) is 78.0 Å². The van der Waals surface area contributed by atoms with Gasteiger partial charge in [0.05, 0.1) is 12.0 Å². The molecule has 0 aliphatic carbocycles. The Hall–Kier alpha value is -2.50. The Morgan fingerprint density at radius 1 is 1.23 bits per heavy atom. The average Bonchev–Trinajstić information content (AvgIpc) is 3.00. The number of carbonyl (C=O) groups is 1. The number of benzene rings is 2. The summed E-state index contributed by atoms with van der Waals surface area (Å²) in [6.07, 6.45) is 5.53. The number of hydrazone groups is 1. The van der Waals surface area contributed by atoms with Crippen LogP contribution in [0.4, 0.5) is 0 Å². The van der Waals surface area contributed by atoms with E-state index in [-0.39, 0.29) is 11.7 Å². The smallest absolute Gasteiger partial charge is 0.250 e. The Kier molecular flexibility index (Phi) is 6.15. The van der Waals surface area contributed by atoms with Gasteiger partial charge in [0.15, 0.2) is 0 Å². The van der Waals surface area contributed by atoms with Crippen LogP contribution >= 0.6 is 23.4 Å². The monoisotopic (exact) mass is 383 g/mol. The maximum atomic E-state index is 12.0. The molecule has 0 atom stereocenters. The predicted octanol–water partition coefficient (Wildman–Crippen LogP) is 4.72. The van der Waals surface area contributed by atoms with Crippen LogP contribution < -0.4 is 5.43 Å². The zero-order chi connectivity index (χ0) is 18.4. The summed E-state index contributed by atoms with van der Waals surface area (Å²) in [5, 5.41) is 5.86. The lowest BCUT2D eigenvalue weighted by Crippen LogP contribution is -2.19. The van der Waals surface area contributed by atoms with Crippen molar-refractivity contribution in [3.63, 3.8) is 0 Å². The van der Waals surface area contributed by atoms with E-state index in [1.54, 1.807) is 18.3 Å². The third-order valence-electron chi connectivity index (χ3n) is 3.72. The van der Waals surface area contributed by atoms with Gasteiger partial charge >= 0.3 is 0 Å². The molecule has 0 unspecified atom stereocenters. The normalized spacial score (nSPS) is 11.1. The van der Waals surface area contributed by atoms with Crippen LogP contribution in [0.1, 0.15) is 5.56 Å². The fraction of sp³-hybridized carbons (Fsp3) is 0.100. The molecule has 3 rings (SSSR count). The summed E-state index contributed by atoms with van der Waals surface area (Å²) in [7, 11) is 0. The second-order valence-corrected chi connectivity index (χ2v) is 7.06. The highest BCUT2D eigenvalue weighted by Crippen LogP contribution is 2.21. The molecule has 26 heavy (non-hydrogen) atoms. The minimum absolute atomic E-state index is 0.156. The Bertz CT molecular complexity index is 947. The molecule has 0 bridgehead atoms. The van der Waals surface area contributed by atoms with Crippen LogP contribution in [0.15, 0.2) is 77.4 Å². The van der Waals surface area contributed by atoms with Gasteiger partial charge in [-0.1, -0.05) is 35.9 Å². The minimum Gasteiger partial charge on any atom is -0.343 e. The minimum atomic E-state index is -0.156. The van der Waals surface area contributed by atoms with Crippen LogP contribution in [0.3, 0.4) is 0 Å². The fourth-order valence-corrected chi connectivity index (χ4v) is 3.37. The molecule has 1 heterocycles. The molecule has 0 saturated heterocycles. The highest BCUT2D eigenvalue weighted by Gasteiger charge is 2.06. The number of halogens is 1. The van der Waals surface area contributed by atoms with E-state index in [9.17, 15) is 4.79 Å². The van der Waals surface area contributed by atoms with Crippen molar-refractivity contribution in [2.45, 2.75) is 11.4 Å². The Labute approximate surface area is 161 Å². The zero-order valence-electron chi connectivity index (χ0n) is 14.1. The van der Waals surface area contributed by atoms with E-state index in [0.717, 1.165) is 27.9 Å². The third kappa shape index (κ3) is 4.56. The van der Waals surface area contributed by atoms with Gasteiger partial charge in [0.1, 0.15) is 0 Å². The van der Waals surface area contributed by atoms with Crippen molar-refractivity contribution in [1.29, 1.82) is 0 Å². The van der Waals surface area contributed by atoms with Crippen LogP contribution in [0.2, 0.25) is 5.02 Å². The number of aromatic nitrogens is 1. The van der Waals surface area contributed by atoms with Crippen LogP contribution in [0.25, 0.3) is 10.9 Å². The Morgan fingerprint density at radius 3 is 2.77 bits per heavy atom. The van der Waals surface area contributed by atoms with Crippen LogP contribution in [-0.4, -0.2) is 22.4 Å². The summed E-state index contributed by atoms with van der Waals surface area (Å²) in [4.78, 5) is 12.9. The Morgan fingerprint density at radius 2 is 2.00 bits per heavy atom. The summed E-state index contributed by atoms with van der Waals surface area (Å²) >= 11 is 7.29. The molecular formula is C20H18ClN3OS. The first-order valence-electron chi connectivity index (χ1n) is 8.06. The highest BCUT2D eigenvalue weighted by molar-refractivity contribution is 8.00. The molecule has 0 aliphatic heterocycles. The molecule has 6 heteroatoms. The number of fused-ring (bicyclic) bond motifs is 1. The molecule has 0 aliphatic rings. The van der Waals surface area contributed by atoms with Crippen molar-refractivity contribution in [3.8, 4) is 0 Å². The number of nitrogens with one attached hydrogen (secondary N) is 1. The lowest BCUT2D eigenvalue weighted by molar-refractivity contribution is -0.118. The summed E-state index contributed by atoms with van der Waals surface area (Å²) in [5.74, 6) is 0.132. The maximum absolute atomic E-state index is 12.0. The van der Waals surface area contributed by atoms with E-state index in [2.05, 4.69) is 27.7 Å². The van der Waals surface area contributed by atoms with Gasteiger partial charge in [-0.3, -0.25) is 4.79 Å². The topological polar surface area (TPSA) is 46.4 Å². The molecule has 0 radical (unpaired) electrons. The molecule has 2 aromatic carbocycles. The number of hydrogen-bond acceptors (Lipinski definition) is 3. The number of thioether (sulfide) groups is 1. The first-order valence-corrected chi connectivity index (χ1v) is 9.43. The van der Waals surface area contributed by atoms with Gasteiger partial charge < -0.3 is 4.57 Å². The molecule has 0 saturated carbocycles. The van der Waals surface area contributed by atoms with E-state index in [0.29, 0.717) is 5.02 Å². The number of rotatable bonds is 7. The third-order valence-corrected chi connectivity index (χ3v) is 4.99. The SMILES string of the molecule is C=CCn1cc(/C=N\NC(=O)CSc2ccc(Cl)cc2)c2ccccc21. The van der Waals surface area contributed by atoms with Gasteiger partial charge in [0.2, 0.25) is 5.91 Å². The molecule has 3 aromatic rings. The number of hydrogen-bond donors (Lipinski definition) is 1. The van der Waals surface area contributed by atoms with E-state index in [1.807, 2.05) is 42.6 Å². The van der Waals surface area contributed by atoms with Gasteiger partial charge in [-0.2, -0.15) is 5.10 Å². The number of carbonyl (C=O) groups excluding carboxylic acids is 1. The molecule has 1 aromatic heterocycles. The molecule has 4 nitrogen and oxygen atoms in total. The maximum Gasteiger partial charge on any atom is 0.250 e. The first kappa shape index (κ1) is 18.3. The molecule has 132 valence electrons. The van der Waals surface area contributed by atoms with Gasteiger partial charge in [0.25, 0.3) is 0 Å². The van der Waals surface area contributed by atoms with Crippen molar-refractivity contribution >= 4 is 46.4 Å². The molecule has 0 fully saturated rings. The summed E-state index contributed by atoms with van der Waals surface area (Å²) < 4.78 is 2.10. The van der Waals surface area contributed by atoms with Crippen molar-refractivity contribution < 1.29 is 4.79 Å². The largest absolute Gasteiger partial charge is 0.343 e. The lowest BCUT2D eigenvalue weighted by Gasteiger charge is -2.01. The second-order valence-electron chi connectivity index (χ2n) is 5.58. The lowest BCUT2D eigenvalue weighted by atomic mass is 10.2. The fourth-order valence-electron chi connectivity index (χ4n) is 2.55. The van der Waals surface area contributed by atoms with Crippen molar-refractivity contribution in [2.75, 3.05) is 5.75 Å². The van der Waals surface area contributed by atoms with E-state index < -0.39 is 0 Å². The molecular weight excluding hydrogens is 366 g/mol. The number of allylic oxidation sites excluding steroid dienone is 1. The molecule has 1 N–H and O–H groups in total. The highest BCUT2D eigenvalue weighted by atomic mass is 35.5. The van der Waals surface area contributed by atoms with Gasteiger partial charge in [0, 0.05) is 39.1 Å². The number of para-hydroxylation sites is 1. The summed E-state index contributed by atoms with van der Waals surface area (Å²) in [6.45, 7) is 4.51. The van der Waals surface area contributed by atoms with Crippen LogP contribution in [0.5, 0.6) is 0 Å². The first-order chi connectivity index (χ1) is 12.7. The zero-order valence-corrected chi connectivity index (χ0v) is 15.6. The quantitative estimate of drug-likeness (QED) is 0.277. The van der Waals surface area contributed by atoms with Crippen molar-refractivity contribution in [1.82, 2.24) is 9.99 Å². The van der Waals surface area contributed by atoms with Crippen LogP contribution in [0, 0.1) is 0 Å². The number of amides is 1. The standard InChI is InChI=1S/C20H18ClN3OS/c1-2-11-24-13-15(18-5-3-4-6-19(18)24)12-22-23-20(25)14-26-17-9-7-16(21)8-10-17/h2-10,12-13H,1,11,14H2,(H,23,25)/b22-12-. The van der Waals surface area contributed by atoms with Crippen LogP contribution in [-0.2, 0) is 11.3 Å². The molecule has 1 amide bonds. The summed E-state index contributed by atoms with van der Waals surface area (Å²) in [5.41, 5.74) is 4.63. The van der Waals surface area contributed by atoms with E-state index in [1.165, 1.54) is 11.8 Å².